The number of benzene rings is 2. The molecule has 1 heterocycles. The Balaban J connectivity index is 2.35. The molecule has 0 spiro atoms. The molecule has 0 amide bonds. The van der Waals surface area contributed by atoms with Gasteiger partial charge >= 0.3 is 0 Å². The average Bonchev–Trinajstić information content (AvgIpc) is 2.69. The van der Waals surface area contributed by atoms with Gasteiger partial charge in [0.25, 0.3) is 0 Å². The lowest BCUT2D eigenvalue weighted by Gasteiger charge is -2.43. The summed E-state index contributed by atoms with van der Waals surface area (Å²) >= 11 is 0. The smallest absolute Gasteiger partial charge is 0.200 e. The molecule has 0 bridgehead atoms. The van der Waals surface area contributed by atoms with Gasteiger partial charge in [-0.3, -0.25) is 0 Å². The van der Waals surface area contributed by atoms with Crippen molar-refractivity contribution >= 4 is 24.0 Å². The van der Waals surface area contributed by atoms with Gasteiger partial charge in [-0.15, -0.1) is 0 Å². The lowest BCUT2D eigenvalue weighted by molar-refractivity contribution is -0.659. The molecule has 0 aliphatic rings. The van der Waals surface area contributed by atoms with Crippen LogP contribution in [-0.4, -0.2) is 8.07 Å². The molecular formula is C31H46NSi+. The highest BCUT2D eigenvalue weighted by Crippen LogP contribution is 2.42. The highest BCUT2D eigenvalue weighted by molar-refractivity contribution is 6.95. The topological polar surface area (TPSA) is 3.88 Å². The lowest BCUT2D eigenvalue weighted by Crippen LogP contribution is -2.55. The van der Waals surface area contributed by atoms with Crippen molar-refractivity contribution in [3.05, 3.63) is 59.3 Å². The maximum Gasteiger partial charge on any atom is 0.220 e. The Hall–Kier alpha value is -1.93. The Morgan fingerprint density at radius 1 is 0.788 bits per heavy atom. The minimum atomic E-state index is -1.69. The van der Waals surface area contributed by atoms with Crippen LogP contribution in [-0.2, 0) is 12.5 Å². The first-order valence-corrected chi connectivity index (χ1v) is 15.0. The van der Waals surface area contributed by atoms with E-state index in [4.69, 9.17) is 0 Å². The molecule has 33 heavy (non-hydrogen) atoms. The average molecular weight is 461 g/mol. The number of aromatic nitrogens is 1. The standard InChI is InChI=1S/C31H46NSi/c1-20(2)33(21(3)4,22(5)6)27-13-14-28-25(18-27)15-16-32(12)30(28)29-19-26(31(9,10)11)17-23(7)24(29)8/h13-22H,1-12H3/q+1. The van der Waals surface area contributed by atoms with Crippen LogP contribution in [0.15, 0.2) is 42.6 Å². The molecule has 0 unspecified atom stereocenters. The van der Waals surface area contributed by atoms with E-state index in [0.29, 0.717) is 16.6 Å². The highest BCUT2D eigenvalue weighted by Gasteiger charge is 2.44. The molecule has 0 saturated heterocycles. The van der Waals surface area contributed by atoms with E-state index in [2.05, 4.69) is 130 Å². The molecule has 0 aliphatic carbocycles. The zero-order chi connectivity index (χ0) is 24.9. The summed E-state index contributed by atoms with van der Waals surface area (Å²) in [6.45, 7) is 26.2. The van der Waals surface area contributed by atoms with E-state index in [9.17, 15) is 0 Å². The molecular weight excluding hydrogens is 414 g/mol. The van der Waals surface area contributed by atoms with E-state index < -0.39 is 8.07 Å². The van der Waals surface area contributed by atoms with Crippen molar-refractivity contribution in [2.75, 3.05) is 0 Å². The molecule has 2 heteroatoms. The first kappa shape index (κ1) is 25.7. The minimum Gasteiger partial charge on any atom is -0.200 e. The van der Waals surface area contributed by atoms with Crippen LogP contribution in [0.3, 0.4) is 0 Å². The summed E-state index contributed by atoms with van der Waals surface area (Å²) in [5, 5.41) is 4.35. The third kappa shape index (κ3) is 4.32. The number of aryl methyl sites for hydroxylation is 2. The number of hydrogen-bond acceptors (Lipinski definition) is 0. The van der Waals surface area contributed by atoms with Crippen LogP contribution in [0.1, 0.15) is 79.0 Å². The predicted octanol–water partition coefficient (Wildman–Crippen LogP) is 8.13. The summed E-state index contributed by atoms with van der Waals surface area (Å²) in [5.74, 6) is 0. The number of pyridine rings is 1. The summed E-state index contributed by atoms with van der Waals surface area (Å²) in [6, 6.07) is 14.6. The van der Waals surface area contributed by atoms with Crippen molar-refractivity contribution in [2.24, 2.45) is 7.05 Å². The van der Waals surface area contributed by atoms with E-state index >= 15 is 0 Å². The maximum atomic E-state index is 2.54. The lowest BCUT2D eigenvalue weighted by atomic mass is 9.83. The van der Waals surface area contributed by atoms with Gasteiger partial charge in [-0.25, -0.2) is 4.57 Å². The third-order valence-corrected chi connectivity index (χ3v) is 15.3. The number of fused-ring (bicyclic) bond motifs is 1. The molecule has 3 aromatic rings. The molecule has 1 nitrogen and oxygen atoms in total. The minimum absolute atomic E-state index is 0.126. The Morgan fingerprint density at radius 2 is 1.36 bits per heavy atom. The maximum absolute atomic E-state index is 2.54. The molecule has 0 fully saturated rings. The van der Waals surface area contributed by atoms with E-state index in [1.165, 1.54) is 38.7 Å². The number of nitrogens with zero attached hydrogens (tertiary/aromatic N) is 1. The Kier molecular flexibility index (Phi) is 7.02. The van der Waals surface area contributed by atoms with Crippen LogP contribution in [0.2, 0.25) is 16.6 Å². The molecule has 3 rings (SSSR count). The second-order valence-corrected chi connectivity index (χ2v) is 18.1. The largest absolute Gasteiger partial charge is 0.220 e. The van der Waals surface area contributed by atoms with Crippen molar-refractivity contribution in [1.82, 2.24) is 0 Å². The van der Waals surface area contributed by atoms with E-state index in [1.54, 1.807) is 5.19 Å². The summed E-state index contributed by atoms with van der Waals surface area (Å²) in [4.78, 5) is 0. The SMILES string of the molecule is Cc1cc(C(C)(C)C)cc(-c2c3ccc([Si](C(C)C)(C(C)C)C(C)C)cc3cc[n+]2C)c1C. The summed E-state index contributed by atoms with van der Waals surface area (Å²) < 4.78 is 2.31. The molecule has 0 atom stereocenters. The van der Waals surface area contributed by atoms with Gasteiger partial charge in [-0.2, -0.15) is 0 Å². The van der Waals surface area contributed by atoms with E-state index in [1.807, 2.05) is 0 Å². The molecule has 0 saturated carbocycles. The summed E-state index contributed by atoms with van der Waals surface area (Å²) in [7, 11) is 0.499. The van der Waals surface area contributed by atoms with Gasteiger partial charge in [-0.05, 0) is 70.1 Å². The van der Waals surface area contributed by atoms with Gasteiger partial charge in [0.05, 0.1) is 19.0 Å². The zero-order valence-electron chi connectivity index (χ0n) is 23.2. The van der Waals surface area contributed by atoms with Crippen molar-refractivity contribution in [1.29, 1.82) is 0 Å². The third-order valence-electron chi connectivity index (χ3n) is 8.29. The fourth-order valence-electron chi connectivity index (χ4n) is 6.52. The number of hydrogen-bond donors (Lipinski definition) is 0. The van der Waals surface area contributed by atoms with Crippen molar-refractivity contribution in [3.63, 3.8) is 0 Å². The zero-order valence-corrected chi connectivity index (χ0v) is 24.2. The summed E-state index contributed by atoms with van der Waals surface area (Å²) in [6.07, 6.45) is 2.25. The normalized spacial score (nSPS) is 13.1. The van der Waals surface area contributed by atoms with Crippen molar-refractivity contribution in [3.8, 4) is 11.3 Å². The van der Waals surface area contributed by atoms with Gasteiger partial charge in [-0.1, -0.05) is 85.7 Å². The van der Waals surface area contributed by atoms with Gasteiger partial charge < -0.3 is 0 Å². The van der Waals surface area contributed by atoms with Crippen LogP contribution in [0, 0.1) is 13.8 Å². The highest BCUT2D eigenvalue weighted by atomic mass is 28.3. The molecule has 178 valence electrons. The Morgan fingerprint density at radius 3 is 1.88 bits per heavy atom. The fraction of sp³-hybridized carbons (Fsp3) is 0.516. The van der Waals surface area contributed by atoms with Gasteiger partial charge in [0.1, 0.15) is 7.05 Å². The second-order valence-electron chi connectivity index (χ2n) is 12.2. The first-order valence-electron chi connectivity index (χ1n) is 12.8. The monoisotopic (exact) mass is 460 g/mol. The van der Waals surface area contributed by atoms with Crippen molar-refractivity contribution in [2.45, 2.75) is 98.2 Å². The van der Waals surface area contributed by atoms with Gasteiger partial charge in [0.2, 0.25) is 5.69 Å². The first-order chi connectivity index (χ1) is 15.2. The Labute approximate surface area is 204 Å². The van der Waals surface area contributed by atoms with Gasteiger partial charge in [0, 0.05) is 6.07 Å². The quantitative estimate of drug-likeness (QED) is 0.267. The van der Waals surface area contributed by atoms with Crippen LogP contribution in [0.25, 0.3) is 22.0 Å². The van der Waals surface area contributed by atoms with Crippen LogP contribution >= 0.6 is 0 Å². The van der Waals surface area contributed by atoms with Crippen LogP contribution in [0.5, 0.6) is 0 Å². The predicted molar refractivity (Wildman–Crippen MR) is 149 cm³/mol. The van der Waals surface area contributed by atoms with Crippen LogP contribution in [0.4, 0.5) is 0 Å². The van der Waals surface area contributed by atoms with Gasteiger partial charge in [0.15, 0.2) is 6.20 Å². The molecule has 1 aromatic heterocycles. The second kappa shape index (κ2) is 9.02. The van der Waals surface area contributed by atoms with Crippen LogP contribution < -0.4 is 9.75 Å². The molecule has 2 aromatic carbocycles. The molecule has 0 N–H and O–H groups in total. The fourth-order valence-corrected chi connectivity index (χ4v) is 13.3. The molecule has 0 aliphatic heterocycles. The Bertz CT molecular complexity index is 1140. The van der Waals surface area contributed by atoms with E-state index in [-0.39, 0.29) is 5.41 Å². The number of rotatable bonds is 5. The van der Waals surface area contributed by atoms with Crippen molar-refractivity contribution < 1.29 is 4.57 Å². The summed E-state index contributed by atoms with van der Waals surface area (Å²) in [5.41, 5.74) is 9.10. The molecule has 0 radical (unpaired) electrons. The van der Waals surface area contributed by atoms with E-state index in [0.717, 1.165) is 0 Å².